The summed E-state index contributed by atoms with van der Waals surface area (Å²) in [6.07, 6.45) is 5.44. The van der Waals surface area contributed by atoms with E-state index in [4.69, 9.17) is 16.3 Å². The Balaban J connectivity index is 1.74. The van der Waals surface area contributed by atoms with Crippen LogP contribution in [-0.2, 0) is 26.2 Å². The molecular weight excluding hydrogens is 598 g/mol. The maximum absolute atomic E-state index is 14.4. The van der Waals surface area contributed by atoms with Crippen molar-refractivity contribution in [3.05, 3.63) is 88.4 Å². The standard InChI is InChI=1S/C34H42ClN3O5S/c1-5-31(34(40)36-28-11-7-6-8-12-28)37(22-26-10-9-13-29(21-26)43-4)33(39)23-38(32-19-16-27(35)20-25(32)3)44(41,42)30-17-14-24(2)15-18-30/h9-10,13-21,28,31H,5-8,11-12,22-23H2,1-4H3,(H,36,40)/t31-/m1/s1. The average Bonchev–Trinajstić information content (AvgIpc) is 3.00. The monoisotopic (exact) mass is 639 g/mol. The van der Waals surface area contributed by atoms with E-state index in [-0.39, 0.29) is 23.4 Å². The van der Waals surface area contributed by atoms with Crippen LogP contribution in [0.15, 0.2) is 71.6 Å². The Morgan fingerprint density at radius 3 is 2.34 bits per heavy atom. The Morgan fingerprint density at radius 2 is 1.70 bits per heavy atom. The van der Waals surface area contributed by atoms with Gasteiger partial charge in [0.05, 0.1) is 17.7 Å². The van der Waals surface area contributed by atoms with Crippen LogP contribution in [0.2, 0.25) is 5.02 Å². The van der Waals surface area contributed by atoms with Gasteiger partial charge in [-0.2, -0.15) is 0 Å². The van der Waals surface area contributed by atoms with Crippen molar-refractivity contribution in [1.29, 1.82) is 0 Å². The first-order valence-electron chi connectivity index (χ1n) is 15.1. The third kappa shape index (κ3) is 8.12. The molecule has 1 atom stereocenters. The molecule has 0 saturated heterocycles. The fraction of sp³-hybridized carbons (Fsp3) is 0.412. The summed E-state index contributed by atoms with van der Waals surface area (Å²) in [5.74, 6) is -0.107. The van der Waals surface area contributed by atoms with Gasteiger partial charge in [0, 0.05) is 17.6 Å². The summed E-state index contributed by atoms with van der Waals surface area (Å²) in [6, 6.07) is 18.0. The lowest BCUT2D eigenvalue weighted by Gasteiger charge is -2.34. The van der Waals surface area contributed by atoms with Crippen molar-refractivity contribution in [1.82, 2.24) is 10.2 Å². The first-order valence-corrected chi connectivity index (χ1v) is 16.9. The number of carbonyl (C=O) groups excluding carboxylic acids is 2. The molecule has 0 spiro atoms. The number of carbonyl (C=O) groups is 2. The molecule has 0 heterocycles. The molecule has 0 aromatic heterocycles. The van der Waals surface area contributed by atoms with Crippen LogP contribution in [0.25, 0.3) is 0 Å². The molecule has 10 heteroatoms. The number of rotatable bonds is 12. The largest absolute Gasteiger partial charge is 0.497 e. The van der Waals surface area contributed by atoms with E-state index >= 15 is 0 Å². The Labute approximate surface area is 266 Å². The number of halogens is 1. The number of benzene rings is 3. The summed E-state index contributed by atoms with van der Waals surface area (Å²) in [6.45, 7) is 5.09. The van der Waals surface area contributed by atoms with Gasteiger partial charge in [-0.05, 0) is 86.7 Å². The van der Waals surface area contributed by atoms with Crippen LogP contribution in [-0.4, -0.2) is 50.9 Å². The van der Waals surface area contributed by atoms with Gasteiger partial charge < -0.3 is 15.0 Å². The maximum atomic E-state index is 14.4. The summed E-state index contributed by atoms with van der Waals surface area (Å²) in [5.41, 5.74) is 2.61. The molecule has 44 heavy (non-hydrogen) atoms. The van der Waals surface area contributed by atoms with Crippen molar-refractivity contribution < 1.29 is 22.7 Å². The molecule has 0 radical (unpaired) electrons. The molecule has 4 rings (SSSR count). The zero-order valence-corrected chi connectivity index (χ0v) is 27.5. The SMILES string of the molecule is CC[C@H](C(=O)NC1CCCCC1)N(Cc1cccc(OC)c1)C(=O)CN(c1ccc(Cl)cc1C)S(=O)(=O)c1ccc(C)cc1. The molecule has 0 bridgehead atoms. The number of hydrogen-bond donors (Lipinski definition) is 1. The molecule has 0 unspecified atom stereocenters. The van der Waals surface area contributed by atoms with Gasteiger partial charge in [-0.25, -0.2) is 8.42 Å². The van der Waals surface area contributed by atoms with Crippen LogP contribution in [0, 0.1) is 13.8 Å². The number of amides is 2. The fourth-order valence-electron chi connectivity index (χ4n) is 5.68. The van der Waals surface area contributed by atoms with Crippen molar-refractivity contribution in [2.75, 3.05) is 18.0 Å². The van der Waals surface area contributed by atoms with E-state index in [0.29, 0.717) is 28.4 Å². The molecule has 1 aliphatic carbocycles. The minimum Gasteiger partial charge on any atom is -0.497 e. The van der Waals surface area contributed by atoms with Crippen LogP contribution >= 0.6 is 11.6 Å². The van der Waals surface area contributed by atoms with Crippen LogP contribution in [0.5, 0.6) is 5.75 Å². The molecule has 236 valence electrons. The summed E-state index contributed by atoms with van der Waals surface area (Å²) in [7, 11) is -2.61. The number of aryl methyl sites for hydroxylation is 2. The maximum Gasteiger partial charge on any atom is 0.264 e. The van der Waals surface area contributed by atoms with Gasteiger partial charge >= 0.3 is 0 Å². The smallest absolute Gasteiger partial charge is 0.264 e. The summed E-state index contributed by atoms with van der Waals surface area (Å²) >= 11 is 6.22. The highest BCUT2D eigenvalue weighted by atomic mass is 35.5. The molecule has 8 nitrogen and oxygen atoms in total. The van der Waals surface area contributed by atoms with Crippen LogP contribution in [0.3, 0.4) is 0 Å². The minimum atomic E-state index is -4.17. The second-order valence-corrected chi connectivity index (χ2v) is 13.7. The van der Waals surface area contributed by atoms with Gasteiger partial charge in [-0.3, -0.25) is 13.9 Å². The lowest BCUT2D eigenvalue weighted by Crippen LogP contribution is -2.54. The quantitative estimate of drug-likeness (QED) is 0.247. The van der Waals surface area contributed by atoms with Crippen LogP contribution < -0.4 is 14.4 Å². The second kappa shape index (κ2) is 14.9. The van der Waals surface area contributed by atoms with E-state index in [9.17, 15) is 18.0 Å². The third-order valence-corrected chi connectivity index (χ3v) is 10.1. The number of nitrogens with zero attached hydrogens (tertiary/aromatic N) is 2. The van der Waals surface area contributed by atoms with Crippen molar-refractivity contribution in [2.45, 2.75) is 82.8 Å². The topological polar surface area (TPSA) is 96.0 Å². The lowest BCUT2D eigenvalue weighted by molar-refractivity contribution is -0.140. The van der Waals surface area contributed by atoms with Gasteiger partial charge in [0.1, 0.15) is 18.3 Å². The van der Waals surface area contributed by atoms with E-state index < -0.39 is 28.5 Å². The van der Waals surface area contributed by atoms with Gasteiger partial charge in [0.15, 0.2) is 0 Å². The summed E-state index contributed by atoms with van der Waals surface area (Å²) < 4.78 is 34.8. The van der Waals surface area contributed by atoms with Crippen LogP contribution in [0.4, 0.5) is 5.69 Å². The second-order valence-electron chi connectivity index (χ2n) is 11.4. The lowest BCUT2D eigenvalue weighted by atomic mass is 9.95. The predicted molar refractivity (Wildman–Crippen MR) is 175 cm³/mol. The zero-order valence-electron chi connectivity index (χ0n) is 25.9. The number of hydrogen-bond acceptors (Lipinski definition) is 5. The molecular formula is C34H42ClN3O5S. The van der Waals surface area contributed by atoms with E-state index in [0.717, 1.165) is 47.5 Å². The third-order valence-electron chi connectivity index (χ3n) is 8.14. The number of anilines is 1. The minimum absolute atomic E-state index is 0.0617. The van der Waals surface area contributed by atoms with E-state index in [1.165, 1.54) is 17.0 Å². The van der Waals surface area contributed by atoms with Gasteiger partial charge in [0.2, 0.25) is 11.8 Å². The Kier molecular flexibility index (Phi) is 11.3. The molecule has 3 aromatic rings. The number of ether oxygens (including phenoxy) is 1. The first-order chi connectivity index (χ1) is 21.0. The Bertz CT molecular complexity index is 1560. The highest BCUT2D eigenvalue weighted by Crippen LogP contribution is 2.30. The molecule has 2 amide bonds. The van der Waals surface area contributed by atoms with E-state index in [1.807, 2.05) is 38.1 Å². The first kappa shape index (κ1) is 33.3. The van der Waals surface area contributed by atoms with Crippen molar-refractivity contribution >= 4 is 39.1 Å². The normalized spacial score (nSPS) is 14.5. The predicted octanol–water partition coefficient (Wildman–Crippen LogP) is 6.42. The number of nitrogens with one attached hydrogen (secondary N) is 1. The van der Waals surface area contributed by atoms with Gasteiger partial charge in [-0.1, -0.05) is 67.6 Å². The van der Waals surface area contributed by atoms with E-state index in [1.54, 1.807) is 44.4 Å². The van der Waals surface area contributed by atoms with Crippen molar-refractivity contribution in [3.63, 3.8) is 0 Å². The highest BCUT2D eigenvalue weighted by molar-refractivity contribution is 7.92. The molecule has 1 N–H and O–H groups in total. The number of methoxy groups -OCH3 is 1. The van der Waals surface area contributed by atoms with Crippen molar-refractivity contribution in [3.8, 4) is 5.75 Å². The Hall–Kier alpha value is -3.56. The molecule has 3 aromatic carbocycles. The molecule has 1 aliphatic rings. The van der Waals surface area contributed by atoms with Gasteiger partial charge in [-0.15, -0.1) is 0 Å². The highest BCUT2D eigenvalue weighted by Gasteiger charge is 2.35. The zero-order chi connectivity index (χ0) is 31.9. The van der Waals surface area contributed by atoms with E-state index in [2.05, 4.69) is 5.32 Å². The molecule has 1 fully saturated rings. The summed E-state index contributed by atoms with van der Waals surface area (Å²) in [5, 5.41) is 3.63. The Morgan fingerprint density at radius 1 is 1.00 bits per heavy atom. The number of sulfonamides is 1. The van der Waals surface area contributed by atoms with Crippen molar-refractivity contribution in [2.24, 2.45) is 0 Å². The molecule has 1 saturated carbocycles. The molecule has 0 aliphatic heterocycles. The van der Waals surface area contributed by atoms with Gasteiger partial charge in [0.25, 0.3) is 10.0 Å². The average molecular weight is 640 g/mol. The van der Waals surface area contributed by atoms with Crippen LogP contribution in [0.1, 0.15) is 62.1 Å². The fourth-order valence-corrected chi connectivity index (χ4v) is 7.39. The summed E-state index contributed by atoms with van der Waals surface area (Å²) in [4.78, 5) is 29.7.